The summed E-state index contributed by atoms with van der Waals surface area (Å²) in [6.07, 6.45) is 2.01. The summed E-state index contributed by atoms with van der Waals surface area (Å²) in [4.78, 5) is 17.6. The van der Waals surface area contributed by atoms with Crippen molar-refractivity contribution < 1.29 is 9.53 Å². The van der Waals surface area contributed by atoms with Crippen LogP contribution in [0.5, 0.6) is 5.75 Å². The molecule has 0 saturated heterocycles. The van der Waals surface area contributed by atoms with E-state index in [1.165, 1.54) is 11.3 Å². The Morgan fingerprint density at radius 3 is 2.61 bits per heavy atom. The molecule has 0 radical (unpaired) electrons. The first-order valence-electron chi connectivity index (χ1n) is 12.6. The van der Waals surface area contributed by atoms with Gasteiger partial charge in [0.05, 0.1) is 23.6 Å². The Morgan fingerprint density at radius 2 is 1.92 bits per heavy atom. The maximum atomic E-state index is 13.3. The monoisotopic (exact) mass is 528 g/mol. The molecular weight excluding hydrogens is 495 g/mol. The Kier molecular flexibility index (Phi) is 8.94. The van der Waals surface area contributed by atoms with E-state index in [-0.39, 0.29) is 12.5 Å². The molecule has 1 aliphatic heterocycles. The zero-order valence-corrected chi connectivity index (χ0v) is 22.7. The zero-order chi connectivity index (χ0) is 25.7. The van der Waals surface area contributed by atoms with Gasteiger partial charge in [0, 0.05) is 41.7 Å². The molecule has 1 aliphatic rings. The van der Waals surface area contributed by atoms with Gasteiger partial charge in [0.1, 0.15) is 5.75 Å². The Morgan fingerprint density at radius 1 is 1.14 bits per heavy atom. The van der Waals surface area contributed by atoms with E-state index in [2.05, 4.69) is 25.7 Å². The number of carbonyl (C=O) groups is 1. The number of hydrogen-bond acceptors (Lipinski definition) is 4. The Bertz CT molecular complexity index is 1180. The number of aromatic nitrogens is 2. The van der Waals surface area contributed by atoms with Crippen molar-refractivity contribution in [2.24, 2.45) is 5.92 Å². The number of halogens is 2. The smallest absolute Gasteiger partial charge is 0.260 e. The lowest BCUT2D eigenvalue weighted by Gasteiger charge is -2.28. The Hall–Kier alpha value is -2.54. The fourth-order valence-electron chi connectivity index (χ4n) is 4.64. The molecule has 192 valence electrons. The van der Waals surface area contributed by atoms with Gasteiger partial charge in [0.15, 0.2) is 6.61 Å². The predicted molar refractivity (Wildman–Crippen MR) is 145 cm³/mol. The van der Waals surface area contributed by atoms with Crippen LogP contribution in [-0.2, 0) is 24.3 Å². The lowest BCUT2D eigenvalue weighted by Crippen LogP contribution is -2.38. The van der Waals surface area contributed by atoms with Crippen molar-refractivity contribution in [3.05, 3.63) is 75.5 Å². The molecule has 0 atom stereocenters. The van der Waals surface area contributed by atoms with E-state index in [9.17, 15) is 4.79 Å². The van der Waals surface area contributed by atoms with Gasteiger partial charge in [-0.3, -0.25) is 9.69 Å². The SMILES string of the molecule is CCCN1CCc2c(c(CN(CC(C)C)C(=O)COc3ccc(Cl)cc3)nn2-c2cccc(Cl)c2)C1. The summed E-state index contributed by atoms with van der Waals surface area (Å²) in [5.41, 5.74) is 4.30. The normalized spacial score (nSPS) is 13.6. The summed E-state index contributed by atoms with van der Waals surface area (Å²) in [5.74, 6) is 0.868. The molecule has 0 N–H and O–H groups in total. The second-order valence-corrected chi connectivity index (χ2v) is 10.6. The van der Waals surface area contributed by atoms with Gasteiger partial charge in [0.2, 0.25) is 0 Å². The first kappa shape index (κ1) is 26.5. The molecule has 0 aliphatic carbocycles. The van der Waals surface area contributed by atoms with E-state index < -0.39 is 0 Å². The molecule has 2 aromatic carbocycles. The van der Waals surface area contributed by atoms with Crippen molar-refractivity contribution in [1.82, 2.24) is 19.6 Å². The molecule has 6 nitrogen and oxygen atoms in total. The minimum atomic E-state index is -0.0640. The van der Waals surface area contributed by atoms with Crippen LogP contribution in [0.15, 0.2) is 48.5 Å². The third-order valence-corrected chi connectivity index (χ3v) is 6.75. The van der Waals surface area contributed by atoms with E-state index in [1.807, 2.05) is 33.8 Å². The summed E-state index contributed by atoms with van der Waals surface area (Å²) in [5, 5.41) is 6.35. The van der Waals surface area contributed by atoms with E-state index in [1.54, 1.807) is 24.3 Å². The number of hydrogen-bond donors (Lipinski definition) is 0. The van der Waals surface area contributed by atoms with Gasteiger partial charge < -0.3 is 9.64 Å². The van der Waals surface area contributed by atoms with E-state index in [0.717, 1.165) is 43.9 Å². The standard InChI is InChI=1S/C28H34Cl2N4O2/c1-4-13-32-14-12-27-25(17-32)26(31-34(27)23-7-5-6-22(30)15-23)18-33(16-20(2)3)28(35)19-36-24-10-8-21(29)9-11-24/h5-11,15,20H,4,12-14,16-19H2,1-3H3. The molecule has 3 aromatic rings. The molecule has 2 heterocycles. The van der Waals surface area contributed by atoms with Crippen LogP contribution in [0, 0.1) is 5.92 Å². The minimum absolute atomic E-state index is 0.0342. The molecule has 1 aromatic heterocycles. The summed E-state index contributed by atoms with van der Waals surface area (Å²) < 4.78 is 7.79. The van der Waals surface area contributed by atoms with Crippen LogP contribution in [0.25, 0.3) is 5.69 Å². The summed E-state index contributed by atoms with van der Waals surface area (Å²) in [7, 11) is 0. The van der Waals surface area contributed by atoms with Crippen molar-refractivity contribution in [3.63, 3.8) is 0 Å². The van der Waals surface area contributed by atoms with Crippen molar-refractivity contribution in [2.75, 3.05) is 26.2 Å². The lowest BCUT2D eigenvalue weighted by atomic mass is 10.0. The fourth-order valence-corrected chi connectivity index (χ4v) is 4.95. The number of benzene rings is 2. The molecule has 36 heavy (non-hydrogen) atoms. The molecule has 0 spiro atoms. The highest BCUT2D eigenvalue weighted by atomic mass is 35.5. The average molecular weight is 530 g/mol. The van der Waals surface area contributed by atoms with Crippen LogP contribution in [0.4, 0.5) is 0 Å². The number of nitrogens with zero attached hydrogens (tertiary/aromatic N) is 4. The van der Waals surface area contributed by atoms with Gasteiger partial charge >= 0.3 is 0 Å². The Labute approximate surface area is 223 Å². The molecule has 4 rings (SSSR count). The number of fused-ring (bicyclic) bond motifs is 1. The largest absolute Gasteiger partial charge is 0.484 e. The van der Waals surface area contributed by atoms with Crippen LogP contribution >= 0.6 is 23.2 Å². The lowest BCUT2D eigenvalue weighted by molar-refractivity contribution is -0.134. The van der Waals surface area contributed by atoms with Crippen LogP contribution < -0.4 is 4.74 Å². The second kappa shape index (κ2) is 12.1. The van der Waals surface area contributed by atoms with Crippen LogP contribution in [0.2, 0.25) is 10.0 Å². The third-order valence-electron chi connectivity index (χ3n) is 6.27. The zero-order valence-electron chi connectivity index (χ0n) is 21.2. The highest BCUT2D eigenvalue weighted by Crippen LogP contribution is 2.28. The van der Waals surface area contributed by atoms with E-state index >= 15 is 0 Å². The first-order valence-corrected chi connectivity index (χ1v) is 13.3. The van der Waals surface area contributed by atoms with Gasteiger partial charge in [-0.25, -0.2) is 4.68 Å². The molecule has 0 fully saturated rings. The highest BCUT2D eigenvalue weighted by Gasteiger charge is 2.27. The summed E-state index contributed by atoms with van der Waals surface area (Å²) >= 11 is 12.3. The molecule has 1 amide bonds. The minimum Gasteiger partial charge on any atom is -0.484 e. The summed E-state index contributed by atoms with van der Waals surface area (Å²) in [6.45, 7) is 10.3. The molecular formula is C28H34Cl2N4O2. The van der Waals surface area contributed by atoms with Crippen LogP contribution in [-0.4, -0.2) is 51.7 Å². The topological polar surface area (TPSA) is 50.6 Å². The van der Waals surface area contributed by atoms with Crippen molar-refractivity contribution in [3.8, 4) is 11.4 Å². The van der Waals surface area contributed by atoms with Crippen molar-refractivity contribution >= 4 is 29.1 Å². The number of amides is 1. The van der Waals surface area contributed by atoms with Gasteiger partial charge in [0.25, 0.3) is 5.91 Å². The van der Waals surface area contributed by atoms with Crippen LogP contribution in [0.1, 0.15) is 44.1 Å². The van der Waals surface area contributed by atoms with Crippen LogP contribution in [0.3, 0.4) is 0 Å². The molecule has 0 saturated carbocycles. The number of rotatable bonds is 10. The first-order chi connectivity index (χ1) is 17.3. The van der Waals surface area contributed by atoms with Gasteiger partial charge in [-0.15, -0.1) is 0 Å². The fraction of sp³-hybridized carbons (Fsp3) is 0.429. The van der Waals surface area contributed by atoms with Gasteiger partial charge in [-0.1, -0.05) is 50.0 Å². The molecule has 0 bridgehead atoms. The van der Waals surface area contributed by atoms with Crippen molar-refractivity contribution in [1.29, 1.82) is 0 Å². The molecule has 0 unspecified atom stereocenters. The maximum Gasteiger partial charge on any atom is 0.260 e. The predicted octanol–water partition coefficient (Wildman–Crippen LogP) is 6.01. The molecule has 8 heteroatoms. The number of ether oxygens (including phenoxy) is 1. The van der Waals surface area contributed by atoms with Gasteiger partial charge in [-0.2, -0.15) is 5.10 Å². The van der Waals surface area contributed by atoms with Crippen molar-refractivity contribution in [2.45, 2.75) is 46.7 Å². The van der Waals surface area contributed by atoms with E-state index in [0.29, 0.717) is 34.8 Å². The van der Waals surface area contributed by atoms with E-state index in [4.69, 9.17) is 33.0 Å². The Balaban J connectivity index is 1.60. The van der Waals surface area contributed by atoms with Gasteiger partial charge in [-0.05, 0) is 61.3 Å². The quantitative estimate of drug-likeness (QED) is 0.323. The third kappa shape index (κ3) is 6.61. The average Bonchev–Trinajstić information content (AvgIpc) is 3.21. The number of carbonyl (C=O) groups excluding carboxylic acids is 1. The maximum absolute atomic E-state index is 13.3. The second-order valence-electron chi connectivity index (χ2n) is 9.70. The highest BCUT2D eigenvalue weighted by molar-refractivity contribution is 6.30. The summed E-state index contributed by atoms with van der Waals surface area (Å²) in [6, 6.07) is 14.8.